The van der Waals surface area contributed by atoms with Gasteiger partial charge in [0, 0.05) is 17.9 Å². The van der Waals surface area contributed by atoms with Gasteiger partial charge in [0.25, 0.3) is 0 Å². The highest BCUT2D eigenvalue weighted by Crippen LogP contribution is 2.19. The molecule has 31 heavy (non-hydrogen) atoms. The van der Waals surface area contributed by atoms with Crippen molar-refractivity contribution in [3.05, 3.63) is 47.0 Å². The minimum absolute atomic E-state index is 0.0426. The fourth-order valence-corrected chi connectivity index (χ4v) is 3.47. The summed E-state index contributed by atoms with van der Waals surface area (Å²) in [5, 5.41) is 11.0. The highest BCUT2D eigenvalue weighted by molar-refractivity contribution is 6.30. The lowest BCUT2D eigenvalue weighted by atomic mass is 9.99. The molecule has 2 unspecified atom stereocenters. The monoisotopic (exact) mass is 447 g/mol. The van der Waals surface area contributed by atoms with E-state index in [0.717, 1.165) is 18.4 Å². The largest absolute Gasteiger partial charge is 0.461 e. The van der Waals surface area contributed by atoms with Crippen molar-refractivity contribution in [2.75, 3.05) is 19.8 Å². The van der Waals surface area contributed by atoms with Crippen LogP contribution in [0.15, 0.2) is 36.4 Å². The molecule has 2 rings (SSSR count). The van der Waals surface area contributed by atoms with Crippen molar-refractivity contribution >= 4 is 23.5 Å². The number of aliphatic hydroxyl groups excluding tert-OH is 1. The Balaban J connectivity index is 1.83. The Bertz CT molecular complexity index is 827. The molecule has 1 N–H and O–H groups in total. The van der Waals surface area contributed by atoms with Crippen molar-refractivity contribution in [1.29, 1.82) is 0 Å². The van der Waals surface area contributed by atoms with Crippen molar-refractivity contribution < 1.29 is 24.2 Å². The number of aliphatic hydroxyl groups is 1. The topological polar surface area (TPSA) is 76.1 Å². The van der Waals surface area contributed by atoms with E-state index in [0.29, 0.717) is 17.9 Å². The van der Waals surface area contributed by atoms with Crippen LogP contribution in [0.25, 0.3) is 0 Å². The lowest BCUT2D eigenvalue weighted by molar-refractivity contribution is -0.152. The van der Waals surface area contributed by atoms with Crippen LogP contribution in [0.2, 0.25) is 5.02 Å². The Kier molecular flexibility index (Phi) is 10.6. The fourth-order valence-electron chi connectivity index (χ4n) is 3.26. The predicted octanol–water partition coefficient (Wildman–Crippen LogP) is 3.15. The van der Waals surface area contributed by atoms with Crippen LogP contribution in [0.4, 0.5) is 0 Å². The number of carbonyl (C=O) groups is 2. The van der Waals surface area contributed by atoms with Gasteiger partial charge in [-0.05, 0) is 44.4 Å². The van der Waals surface area contributed by atoms with Gasteiger partial charge in [-0.3, -0.25) is 4.79 Å². The molecule has 1 fully saturated rings. The Morgan fingerprint density at radius 1 is 1.39 bits per heavy atom. The number of carbonyl (C=O) groups excluding carboxylic acids is 2. The second kappa shape index (κ2) is 13.2. The van der Waals surface area contributed by atoms with Crippen LogP contribution in [0, 0.1) is 11.8 Å². The quantitative estimate of drug-likeness (QED) is 0.272. The first-order valence-corrected chi connectivity index (χ1v) is 10.9. The smallest absolute Gasteiger partial charge is 0.332 e. The maximum Gasteiger partial charge on any atom is 0.332 e. The van der Waals surface area contributed by atoms with Crippen molar-refractivity contribution in [1.82, 2.24) is 4.90 Å². The maximum absolute atomic E-state index is 12.3. The minimum atomic E-state index is -0.664. The van der Waals surface area contributed by atoms with E-state index >= 15 is 0 Å². The molecular formula is C24H30ClNO5. The van der Waals surface area contributed by atoms with E-state index in [9.17, 15) is 14.7 Å². The summed E-state index contributed by atoms with van der Waals surface area (Å²) in [5.41, 5.74) is 0.948. The van der Waals surface area contributed by atoms with Gasteiger partial charge in [0.2, 0.25) is 5.91 Å². The third-order valence-electron chi connectivity index (χ3n) is 4.64. The first-order chi connectivity index (χ1) is 14.8. The SMILES string of the molecule is CC(C)OC(=O)COCC#CCN1C(=O)CCCC1C=CC(O)Cc1cccc(Cl)c1. The number of piperidine rings is 1. The van der Waals surface area contributed by atoms with Crippen LogP contribution < -0.4 is 0 Å². The molecule has 0 bridgehead atoms. The molecule has 1 aliphatic heterocycles. The van der Waals surface area contributed by atoms with E-state index in [1.807, 2.05) is 24.3 Å². The van der Waals surface area contributed by atoms with Crippen LogP contribution >= 0.6 is 11.6 Å². The van der Waals surface area contributed by atoms with Crippen LogP contribution in [0.3, 0.4) is 0 Å². The number of hydrogen-bond donors (Lipinski definition) is 1. The molecule has 1 aromatic carbocycles. The van der Waals surface area contributed by atoms with Crippen LogP contribution in [-0.2, 0) is 25.5 Å². The standard InChI is InChI=1S/C24H30ClNO5/c1-18(2)31-24(29)17-30-14-4-3-13-26-21(9-6-10-23(26)28)11-12-22(27)16-19-7-5-8-20(25)15-19/h5,7-8,11-12,15,18,21-22,27H,6,9-10,13-14,16-17H2,1-2H3. The number of rotatable bonds is 9. The molecule has 1 amide bonds. The van der Waals surface area contributed by atoms with Gasteiger partial charge in [0.15, 0.2) is 0 Å². The number of benzene rings is 1. The Morgan fingerprint density at radius 3 is 2.94 bits per heavy atom. The van der Waals surface area contributed by atoms with Crippen molar-refractivity contribution in [2.45, 2.75) is 57.8 Å². The van der Waals surface area contributed by atoms with Gasteiger partial charge in [0.1, 0.15) is 13.2 Å². The zero-order valence-electron chi connectivity index (χ0n) is 18.1. The molecule has 0 aromatic heterocycles. The van der Waals surface area contributed by atoms with Crippen LogP contribution in [0.1, 0.15) is 38.7 Å². The van der Waals surface area contributed by atoms with Gasteiger partial charge in [-0.25, -0.2) is 4.79 Å². The number of likely N-dealkylation sites (tertiary alicyclic amines) is 1. The van der Waals surface area contributed by atoms with Crippen molar-refractivity contribution in [2.24, 2.45) is 0 Å². The molecule has 0 aliphatic carbocycles. The summed E-state index contributed by atoms with van der Waals surface area (Å²) in [6, 6.07) is 7.29. The predicted molar refractivity (Wildman–Crippen MR) is 119 cm³/mol. The molecular weight excluding hydrogens is 418 g/mol. The zero-order valence-corrected chi connectivity index (χ0v) is 18.8. The number of esters is 1. The molecule has 0 radical (unpaired) electrons. The highest BCUT2D eigenvalue weighted by Gasteiger charge is 2.25. The van der Waals surface area contributed by atoms with E-state index in [4.69, 9.17) is 21.1 Å². The summed E-state index contributed by atoms with van der Waals surface area (Å²) in [6.07, 6.45) is 5.35. The minimum Gasteiger partial charge on any atom is -0.461 e. The lowest BCUT2D eigenvalue weighted by Gasteiger charge is -2.32. The van der Waals surface area contributed by atoms with Gasteiger partial charge >= 0.3 is 5.97 Å². The van der Waals surface area contributed by atoms with Crippen LogP contribution in [-0.4, -0.2) is 59.9 Å². The van der Waals surface area contributed by atoms with Gasteiger partial charge in [-0.15, -0.1) is 0 Å². The van der Waals surface area contributed by atoms with E-state index < -0.39 is 12.1 Å². The summed E-state index contributed by atoms with van der Waals surface area (Å²) in [4.78, 5) is 25.5. The second-order valence-electron chi connectivity index (χ2n) is 7.65. The summed E-state index contributed by atoms with van der Waals surface area (Å²) >= 11 is 5.99. The van der Waals surface area contributed by atoms with Gasteiger partial charge in [0.05, 0.1) is 24.8 Å². The number of nitrogens with zero attached hydrogens (tertiary/aromatic N) is 1. The molecule has 1 saturated heterocycles. The second-order valence-corrected chi connectivity index (χ2v) is 8.09. The lowest BCUT2D eigenvalue weighted by Crippen LogP contribution is -2.42. The number of halogens is 1. The van der Waals surface area contributed by atoms with E-state index in [-0.39, 0.29) is 37.8 Å². The Hall–Kier alpha value is -2.33. The van der Waals surface area contributed by atoms with Gasteiger partial charge < -0.3 is 19.5 Å². The van der Waals surface area contributed by atoms with Gasteiger partial charge in [-0.1, -0.05) is 47.7 Å². The zero-order chi connectivity index (χ0) is 22.6. The Morgan fingerprint density at radius 2 is 2.19 bits per heavy atom. The van der Waals surface area contributed by atoms with E-state index in [2.05, 4.69) is 11.8 Å². The Labute approximate surface area is 189 Å². The first kappa shape index (κ1) is 24.9. The first-order valence-electron chi connectivity index (χ1n) is 10.5. The number of ether oxygens (including phenoxy) is 2. The van der Waals surface area contributed by atoms with Crippen molar-refractivity contribution in [3.63, 3.8) is 0 Å². The van der Waals surface area contributed by atoms with Crippen molar-refractivity contribution in [3.8, 4) is 11.8 Å². The highest BCUT2D eigenvalue weighted by atomic mass is 35.5. The molecule has 0 saturated carbocycles. The summed E-state index contributed by atoms with van der Waals surface area (Å²) in [7, 11) is 0. The fraction of sp³-hybridized carbons (Fsp3) is 0.500. The molecule has 2 atom stereocenters. The van der Waals surface area contributed by atoms with E-state index in [1.54, 1.807) is 30.9 Å². The average Bonchev–Trinajstić information content (AvgIpc) is 2.69. The van der Waals surface area contributed by atoms with Gasteiger partial charge in [-0.2, -0.15) is 0 Å². The van der Waals surface area contributed by atoms with E-state index in [1.165, 1.54) is 0 Å². The normalized spacial score (nSPS) is 17.5. The third kappa shape index (κ3) is 9.56. The molecule has 6 nitrogen and oxygen atoms in total. The molecule has 0 spiro atoms. The third-order valence-corrected chi connectivity index (χ3v) is 4.87. The number of amides is 1. The molecule has 7 heteroatoms. The molecule has 1 aliphatic rings. The van der Waals surface area contributed by atoms with Crippen LogP contribution in [0.5, 0.6) is 0 Å². The molecule has 1 aromatic rings. The summed E-state index contributed by atoms with van der Waals surface area (Å²) in [5.74, 6) is 5.37. The maximum atomic E-state index is 12.3. The molecule has 1 heterocycles. The summed E-state index contributed by atoms with van der Waals surface area (Å²) < 4.78 is 10.1. The summed E-state index contributed by atoms with van der Waals surface area (Å²) in [6.45, 7) is 3.76. The molecule has 168 valence electrons. The average molecular weight is 448 g/mol. The number of hydrogen-bond acceptors (Lipinski definition) is 5.